The Hall–Kier alpha value is -1.83. The van der Waals surface area contributed by atoms with Crippen LogP contribution < -0.4 is 10.2 Å². The maximum Gasteiger partial charge on any atom is 0.137 e. The maximum absolute atomic E-state index is 8.62. The lowest BCUT2D eigenvalue weighted by Crippen LogP contribution is -2.22. The molecule has 5 heteroatoms. The molecule has 0 atom stereocenters. The largest absolute Gasteiger partial charge is 0.373 e. The Morgan fingerprint density at radius 3 is 2.71 bits per heavy atom. The molecule has 0 unspecified atom stereocenters. The molecule has 0 fully saturated rings. The van der Waals surface area contributed by atoms with Gasteiger partial charge in [0.05, 0.1) is 12.5 Å². The number of nitrogens with one attached hydrogen (secondary N) is 1. The van der Waals surface area contributed by atoms with Crippen LogP contribution in [0.15, 0.2) is 6.33 Å². The average molecular weight is 233 g/mol. The molecular formula is C12H19N5. The summed E-state index contributed by atoms with van der Waals surface area (Å²) in [5.41, 5.74) is 1.09. The molecule has 1 heterocycles. The molecule has 1 N–H and O–H groups in total. The molecule has 0 amide bonds. The fourth-order valence-corrected chi connectivity index (χ4v) is 1.74. The van der Waals surface area contributed by atoms with Crippen molar-refractivity contribution in [1.29, 1.82) is 5.26 Å². The normalized spacial score (nSPS) is 10.1. The van der Waals surface area contributed by atoms with E-state index in [1.54, 1.807) is 6.33 Å². The highest BCUT2D eigenvalue weighted by atomic mass is 15.2. The van der Waals surface area contributed by atoms with Gasteiger partial charge in [0, 0.05) is 26.2 Å². The summed E-state index contributed by atoms with van der Waals surface area (Å²) in [5, 5.41) is 11.7. The summed E-state index contributed by atoms with van der Waals surface area (Å²) in [7, 11) is 3.80. The van der Waals surface area contributed by atoms with Gasteiger partial charge in [-0.15, -0.1) is 0 Å². The van der Waals surface area contributed by atoms with Crippen LogP contribution in [0.4, 0.5) is 11.6 Å². The van der Waals surface area contributed by atoms with Crippen LogP contribution in [0.2, 0.25) is 0 Å². The van der Waals surface area contributed by atoms with Gasteiger partial charge < -0.3 is 10.2 Å². The average Bonchev–Trinajstić information content (AvgIpc) is 2.34. The predicted molar refractivity (Wildman–Crippen MR) is 69.2 cm³/mol. The van der Waals surface area contributed by atoms with Crippen molar-refractivity contribution in [1.82, 2.24) is 9.97 Å². The van der Waals surface area contributed by atoms with E-state index < -0.39 is 0 Å². The second-order valence-electron chi connectivity index (χ2n) is 4.19. The minimum atomic E-state index is 0.332. The highest BCUT2D eigenvalue weighted by Crippen LogP contribution is 2.29. The molecule has 1 aromatic rings. The number of anilines is 2. The maximum atomic E-state index is 8.62. The van der Waals surface area contributed by atoms with Crippen molar-refractivity contribution in [2.24, 2.45) is 0 Å². The summed E-state index contributed by atoms with van der Waals surface area (Å²) in [6.45, 7) is 4.90. The first-order chi connectivity index (χ1) is 8.11. The summed E-state index contributed by atoms with van der Waals surface area (Å²) in [4.78, 5) is 10.6. The van der Waals surface area contributed by atoms with E-state index in [0.29, 0.717) is 18.9 Å². The molecule has 0 spiro atoms. The highest BCUT2D eigenvalue weighted by Gasteiger charge is 2.16. The number of hydrogen-bond donors (Lipinski definition) is 1. The SMILES string of the molecule is CNc1ncnc(N(C)CCC#N)c1C(C)C. The molecule has 1 rings (SSSR count). The first-order valence-corrected chi connectivity index (χ1v) is 5.72. The van der Waals surface area contributed by atoms with Crippen LogP contribution in [-0.2, 0) is 0 Å². The van der Waals surface area contributed by atoms with E-state index in [4.69, 9.17) is 5.26 Å². The predicted octanol–water partition coefficient (Wildman–Crippen LogP) is 1.99. The molecule has 0 radical (unpaired) electrons. The molecule has 0 aromatic carbocycles. The number of nitriles is 1. The second-order valence-corrected chi connectivity index (χ2v) is 4.19. The van der Waals surface area contributed by atoms with Crippen molar-refractivity contribution >= 4 is 11.6 Å². The smallest absolute Gasteiger partial charge is 0.137 e. The van der Waals surface area contributed by atoms with Gasteiger partial charge >= 0.3 is 0 Å². The quantitative estimate of drug-likeness (QED) is 0.842. The fraction of sp³-hybridized carbons (Fsp3) is 0.583. The van der Waals surface area contributed by atoms with Crippen LogP contribution in [0.25, 0.3) is 0 Å². The Morgan fingerprint density at radius 1 is 1.47 bits per heavy atom. The van der Waals surface area contributed by atoms with Gasteiger partial charge in [-0.2, -0.15) is 5.26 Å². The third kappa shape index (κ3) is 3.06. The van der Waals surface area contributed by atoms with E-state index in [2.05, 4.69) is 35.2 Å². The van der Waals surface area contributed by atoms with Crippen LogP contribution in [0.3, 0.4) is 0 Å². The molecular weight excluding hydrogens is 214 g/mol. The summed E-state index contributed by atoms with van der Waals surface area (Å²) < 4.78 is 0. The molecule has 0 bridgehead atoms. The van der Waals surface area contributed by atoms with Crippen molar-refractivity contribution < 1.29 is 0 Å². The van der Waals surface area contributed by atoms with E-state index in [9.17, 15) is 0 Å². The molecule has 1 aromatic heterocycles. The Labute approximate surface area is 102 Å². The van der Waals surface area contributed by atoms with Gasteiger partial charge in [0.15, 0.2) is 0 Å². The molecule has 5 nitrogen and oxygen atoms in total. The van der Waals surface area contributed by atoms with Gasteiger partial charge in [-0.25, -0.2) is 9.97 Å². The second kappa shape index (κ2) is 6.04. The van der Waals surface area contributed by atoms with Crippen molar-refractivity contribution in [2.75, 3.05) is 30.9 Å². The first-order valence-electron chi connectivity index (χ1n) is 5.72. The highest BCUT2D eigenvalue weighted by molar-refractivity contribution is 5.59. The van der Waals surface area contributed by atoms with Gasteiger partial charge in [0.25, 0.3) is 0 Å². The van der Waals surface area contributed by atoms with Gasteiger partial charge in [-0.1, -0.05) is 13.8 Å². The lowest BCUT2D eigenvalue weighted by atomic mass is 10.0. The monoisotopic (exact) mass is 233 g/mol. The zero-order valence-electron chi connectivity index (χ0n) is 10.9. The van der Waals surface area contributed by atoms with Crippen molar-refractivity contribution in [3.8, 4) is 6.07 Å². The van der Waals surface area contributed by atoms with E-state index in [0.717, 1.165) is 17.2 Å². The molecule has 17 heavy (non-hydrogen) atoms. The van der Waals surface area contributed by atoms with E-state index >= 15 is 0 Å². The van der Waals surface area contributed by atoms with Crippen LogP contribution in [0.1, 0.15) is 31.7 Å². The standard InChI is InChI=1S/C12H19N5/c1-9(2)10-11(14-3)15-8-16-12(10)17(4)7-5-6-13/h8-9H,5,7H2,1-4H3,(H,14,15,16). The fourth-order valence-electron chi connectivity index (χ4n) is 1.74. The summed E-state index contributed by atoms with van der Waals surface area (Å²) in [6.07, 6.45) is 2.04. The van der Waals surface area contributed by atoms with Crippen molar-refractivity contribution in [2.45, 2.75) is 26.2 Å². The van der Waals surface area contributed by atoms with Gasteiger partial charge in [-0.3, -0.25) is 0 Å². The third-order valence-corrected chi connectivity index (χ3v) is 2.60. The topological polar surface area (TPSA) is 64.8 Å². The van der Waals surface area contributed by atoms with Crippen LogP contribution in [-0.4, -0.2) is 30.6 Å². The molecule has 92 valence electrons. The number of nitrogens with zero attached hydrogens (tertiary/aromatic N) is 4. The summed E-state index contributed by atoms with van der Waals surface area (Å²) in [5.74, 6) is 2.08. The summed E-state index contributed by atoms with van der Waals surface area (Å²) >= 11 is 0. The Kier molecular flexibility index (Phi) is 4.70. The third-order valence-electron chi connectivity index (χ3n) is 2.60. The first kappa shape index (κ1) is 13.2. The Bertz CT molecular complexity index is 408. The van der Waals surface area contributed by atoms with Crippen LogP contribution in [0, 0.1) is 11.3 Å². The Morgan fingerprint density at radius 2 is 2.18 bits per heavy atom. The molecule has 0 aliphatic heterocycles. The molecule has 0 saturated heterocycles. The molecule has 0 aliphatic rings. The molecule has 0 aliphatic carbocycles. The lowest BCUT2D eigenvalue weighted by molar-refractivity contribution is 0.809. The summed E-state index contributed by atoms with van der Waals surface area (Å²) in [6, 6.07) is 2.14. The molecule has 0 saturated carbocycles. The number of hydrogen-bond acceptors (Lipinski definition) is 5. The van der Waals surface area contributed by atoms with Crippen LogP contribution in [0.5, 0.6) is 0 Å². The minimum absolute atomic E-state index is 0.332. The number of aromatic nitrogens is 2. The van der Waals surface area contributed by atoms with Crippen molar-refractivity contribution in [3.05, 3.63) is 11.9 Å². The minimum Gasteiger partial charge on any atom is -0.373 e. The zero-order valence-corrected chi connectivity index (χ0v) is 10.9. The zero-order chi connectivity index (χ0) is 12.8. The van der Waals surface area contributed by atoms with Crippen LogP contribution >= 0.6 is 0 Å². The van der Waals surface area contributed by atoms with E-state index in [1.165, 1.54) is 0 Å². The lowest BCUT2D eigenvalue weighted by Gasteiger charge is -2.23. The van der Waals surface area contributed by atoms with Gasteiger partial charge in [0.2, 0.25) is 0 Å². The Balaban J connectivity index is 3.10. The van der Waals surface area contributed by atoms with Gasteiger partial charge in [-0.05, 0) is 5.92 Å². The van der Waals surface area contributed by atoms with Gasteiger partial charge in [0.1, 0.15) is 18.0 Å². The number of rotatable bonds is 5. The van der Waals surface area contributed by atoms with E-state index in [1.807, 2.05) is 19.0 Å². The van der Waals surface area contributed by atoms with Crippen molar-refractivity contribution in [3.63, 3.8) is 0 Å². The van der Waals surface area contributed by atoms with E-state index in [-0.39, 0.29) is 0 Å².